The number of hydrogen-bond acceptors (Lipinski definition) is 1. The van der Waals surface area contributed by atoms with Crippen LogP contribution in [-0.2, 0) is 0 Å². The molecule has 108 valence electrons. The molecule has 1 amide bonds. The number of hydrogen-bond donors (Lipinski definition) is 1. The lowest BCUT2D eigenvalue weighted by Gasteiger charge is -2.33. The van der Waals surface area contributed by atoms with Gasteiger partial charge in [-0.2, -0.15) is 22.0 Å². The van der Waals surface area contributed by atoms with Gasteiger partial charge < -0.3 is 10.0 Å². The normalized spacial score (nSPS) is 13.6. The fourth-order valence-corrected chi connectivity index (χ4v) is 1.32. The van der Waals surface area contributed by atoms with E-state index in [4.69, 9.17) is 5.11 Å². The maximum Gasteiger partial charge on any atom is 0.453 e. The molecule has 0 atom stereocenters. The second-order valence-electron chi connectivity index (χ2n) is 4.91. The molecule has 0 aromatic carbocycles. The summed E-state index contributed by atoms with van der Waals surface area (Å²) in [5.41, 5.74) is -0.848. The third-order valence-corrected chi connectivity index (χ3v) is 2.33. The van der Waals surface area contributed by atoms with Crippen molar-refractivity contribution in [3.05, 3.63) is 0 Å². The summed E-state index contributed by atoms with van der Waals surface area (Å²) in [6, 6.07) is 0. The number of halogens is 5. The molecule has 0 aliphatic carbocycles. The van der Waals surface area contributed by atoms with Gasteiger partial charge in [0, 0.05) is 18.5 Å². The van der Waals surface area contributed by atoms with Crippen molar-refractivity contribution >= 4 is 6.09 Å². The van der Waals surface area contributed by atoms with Gasteiger partial charge in [0.25, 0.3) is 0 Å². The van der Waals surface area contributed by atoms with E-state index in [1.165, 1.54) is 20.8 Å². The van der Waals surface area contributed by atoms with Gasteiger partial charge >= 0.3 is 18.2 Å². The minimum Gasteiger partial charge on any atom is -0.465 e. The Bertz CT molecular complexity index is 296. The average Bonchev–Trinajstić information content (AvgIpc) is 2.07. The zero-order valence-corrected chi connectivity index (χ0v) is 10.3. The Balaban J connectivity index is 4.46. The first-order chi connectivity index (χ1) is 7.79. The second kappa shape index (κ2) is 5.27. The molecular weight excluding hydrogens is 261 g/mol. The molecule has 0 rings (SSSR count). The summed E-state index contributed by atoms with van der Waals surface area (Å²) in [5, 5.41) is 8.81. The number of carboxylic acid groups (broad SMARTS) is 1. The first kappa shape index (κ1) is 16.9. The van der Waals surface area contributed by atoms with E-state index in [2.05, 4.69) is 0 Å². The maximum atomic E-state index is 12.6. The summed E-state index contributed by atoms with van der Waals surface area (Å²) in [5.74, 6) is -4.78. The quantitative estimate of drug-likeness (QED) is 0.795. The lowest BCUT2D eigenvalue weighted by molar-refractivity contribution is -0.284. The molecule has 0 heterocycles. The minimum atomic E-state index is -5.59. The molecule has 0 saturated carbocycles. The molecule has 0 spiro atoms. The van der Waals surface area contributed by atoms with Crippen molar-refractivity contribution in [3.63, 3.8) is 0 Å². The van der Waals surface area contributed by atoms with Crippen LogP contribution in [-0.4, -0.2) is 40.3 Å². The molecule has 0 aromatic heterocycles. The minimum absolute atomic E-state index is 0.371. The average molecular weight is 277 g/mol. The summed E-state index contributed by atoms with van der Waals surface area (Å²) in [7, 11) is 0. The van der Waals surface area contributed by atoms with Crippen LogP contribution in [0.3, 0.4) is 0 Å². The Kier molecular flexibility index (Phi) is 4.96. The molecule has 0 bridgehead atoms. The molecule has 3 nitrogen and oxygen atoms in total. The fraction of sp³-hybridized carbons (Fsp3) is 0.900. The van der Waals surface area contributed by atoms with Gasteiger partial charge in [-0.25, -0.2) is 4.79 Å². The van der Waals surface area contributed by atoms with Crippen molar-refractivity contribution in [1.82, 2.24) is 4.90 Å². The van der Waals surface area contributed by atoms with Crippen molar-refractivity contribution in [3.8, 4) is 0 Å². The predicted molar refractivity (Wildman–Crippen MR) is 54.7 cm³/mol. The summed E-state index contributed by atoms with van der Waals surface area (Å²) >= 11 is 0. The fourth-order valence-electron chi connectivity index (χ4n) is 1.32. The molecule has 0 fully saturated rings. The van der Waals surface area contributed by atoms with Gasteiger partial charge in [0.2, 0.25) is 0 Å². The molecule has 0 aromatic rings. The number of rotatable bonds is 4. The summed E-state index contributed by atoms with van der Waals surface area (Å²) in [6.45, 7) is 4.22. The largest absolute Gasteiger partial charge is 0.465 e. The van der Waals surface area contributed by atoms with Crippen molar-refractivity contribution in [2.45, 2.75) is 51.3 Å². The molecule has 0 aliphatic rings. The second-order valence-corrected chi connectivity index (χ2v) is 4.91. The first-order valence-electron chi connectivity index (χ1n) is 5.24. The summed E-state index contributed by atoms with van der Waals surface area (Å²) in [4.78, 5) is 11.6. The number of alkyl halides is 5. The van der Waals surface area contributed by atoms with E-state index in [0.29, 0.717) is 0 Å². The highest BCUT2D eigenvalue weighted by Gasteiger charge is 2.56. The Morgan fingerprint density at radius 2 is 1.56 bits per heavy atom. The van der Waals surface area contributed by atoms with Gasteiger partial charge in [-0.3, -0.25) is 0 Å². The number of carbonyl (C=O) groups is 1. The van der Waals surface area contributed by atoms with Crippen LogP contribution in [0.4, 0.5) is 26.7 Å². The Hall–Kier alpha value is -1.08. The lowest BCUT2D eigenvalue weighted by Crippen LogP contribution is -2.46. The van der Waals surface area contributed by atoms with Gasteiger partial charge in [-0.1, -0.05) is 0 Å². The van der Waals surface area contributed by atoms with Crippen LogP contribution >= 0.6 is 0 Å². The number of nitrogens with zero attached hydrogens (tertiary/aromatic N) is 1. The van der Waals surface area contributed by atoms with Crippen molar-refractivity contribution < 1.29 is 31.9 Å². The molecule has 8 heteroatoms. The van der Waals surface area contributed by atoms with Crippen molar-refractivity contribution in [2.75, 3.05) is 6.54 Å². The van der Waals surface area contributed by atoms with Crippen LogP contribution in [0, 0.1) is 0 Å². The van der Waals surface area contributed by atoms with Crippen LogP contribution in [0.2, 0.25) is 0 Å². The van der Waals surface area contributed by atoms with E-state index >= 15 is 0 Å². The van der Waals surface area contributed by atoms with Crippen molar-refractivity contribution in [1.29, 1.82) is 0 Å². The van der Waals surface area contributed by atoms with E-state index in [9.17, 15) is 26.7 Å². The van der Waals surface area contributed by atoms with Gasteiger partial charge in [-0.15, -0.1) is 0 Å². The van der Waals surface area contributed by atoms with Crippen LogP contribution in [0.25, 0.3) is 0 Å². The van der Waals surface area contributed by atoms with Gasteiger partial charge in [-0.05, 0) is 27.2 Å². The Morgan fingerprint density at radius 3 is 1.83 bits per heavy atom. The summed E-state index contributed by atoms with van der Waals surface area (Å²) < 4.78 is 60.8. The van der Waals surface area contributed by atoms with Crippen LogP contribution < -0.4 is 0 Å². The Labute approximate surface area is 102 Å². The smallest absolute Gasteiger partial charge is 0.453 e. The van der Waals surface area contributed by atoms with E-state index in [1.807, 2.05) is 0 Å². The zero-order valence-electron chi connectivity index (χ0n) is 10.3. The van der Waals surface area contributed by atoms with E-state index in [-0.39, 0.29) is 6.54 Å². The molecule has 0 aliphatic heterocycles. The highest BCUT2D eigenvalue weighted by atomic mass is 19.4. The molecule has 0 saturated heterocycles. The molecule has 0 radical (unpaired) electrons. The molecular formula is C10H16F5NO2. The van der Waals surface area contributed by atoms with E-state index < -0.39 is 36.6 Å². The monoisotopic (exact) mass is 277 g/mol. The van der Waals surface area contributed by atoms with E-state index in [0.717, 1.165) is 4.90 Å². The standard InChI is InChI=1S/C10H16F5NO2/c1-8(2,3)16(7(17)18)6-4-5-9(11,12)10(13,14)15/h4-6H2,1-3H3,(H,17,18). The van der Waals surface area contributed by atoms with Crippen LogP contribution in [0.5, 0.6) is 0 Å². The maximum absolute atomic E-state index is 12.6. The topological polar surface area (TPSA) is 40.5 Å². The van der Waals surface area contributed by atoms with Crippen LogP contribution in [0.1, 0.15) is 33.6 Å². The lowest BCUT2D eigenvalue weighted by atomic mass is 10.1. The van der Waals surface area contributed by atoms with Crippen molar-refractivity contribution in [2.24, 2.45) is 0 Å². The zero-order chi connectivity index (χ0) is 14.8. The SMILES string of the molecule is CC(C)(C)N(CCCC(F)(F)C(F)(F)F)C(=O)O. The predicted octanol–water partition coefficient (Wildman–Crippen LogP) is 3.74. The van der Waals surface area contributed by atoms with Gasteiger partial charge in [0.1, 0.15) is 0 Å². The molecule has 1 N–H and O–H groups in total. The van der Waals surface area contributed by atoms with E-state index in [1.54, 1.807) is 0 Å². The first-order valence-corrected chi connectivity index (χ1v) is 5.24. The Morgan fingerprint density at radius 1 is 1.11 bits per heavy atom. The van der Waals surface area contributed by atoms with Crippen LogP contribution in [0.15, 0.2) is 0 Å². The third-order valence-electron chi connectivity index (χ3n) is 2.33. The third kappa shape index (κ3) is 4.66. The molecule has 0 unspecified atom stereocenters. The number of amides is 1. The van der Waals surface area contributed by atoms with Gasteiger partial charge in [0.05, 0.1) is 0 Å². The van der Waals surface area contributed by atoms with Gasteiger partial charge in [0.15, 0.2) is 0 Å². The highest BCUT2D eigenvalue weighted by molar-refractivity contribution is 5.65. The summed E-state index contributed by atoms with van der Waals surface area (Å²) in [6.07, 6.45) is -8.92. The highest BCUT2D eigenvalue weighted by Crippen LogP contribution is 2.38. The molecule has 18 heavy (non-hydrogen) atoms.